The van der Waals surface area contributed by atoms with Crippen LogP contribution < -0.4 is 10.6 Å². The molecule has 0 saturated carbocycles. The Bertz CT molecular complexity index is 1240. The van der Waals surface area contributed by atoms with Crippen LogP contribution >= 0.6 is 0 Å². The van der Waals surface area contributed by atoms with Gasteiger partial charge in [0.05, 0.1) is 10.6 Å². The number of halogens is 1. The third kappa shape index (κ3) is 3.59. The molecule has 4 rings (SSSR count). The Morgan fingerprint density at radius 2 is 1.53 bits per heavy atom. The van der Waals surface area contributed by atoms with Gasteiger partial charge in [-0.1, -0.05) is 48.5 Å². The summed E-state index contributed by atoms with van der Waals surface area (Å²) in [6.45, 7) is 1.89. The summed E-state index contributed by atoms with van der Waals surface area (Å²) in [7, 11) is -4.02. The summed E-state index contributed by atoms with van der Waals surface area (Å²) >= 11 is 0. The largest absolute Gasteiger partial charge is 0.377 e. The molecule has 1 aliphatic rings. The van der Waals surface area contributed by atoms with Crippen LogP contribution in [0.5, 0.6) is 0 Å². The van der Waals surface area contributed by atoms with Crippen LogP contribution in [0.15, 0.2) is 88.7 Å². The van der Waals surface area contributed by atoms with Crippen LogP contribution in [0.4, 0.5) is 10.1 Å². The van der Waals surface area contributed by atoms with Gasteiger partial charge >= 0.3 is 0 Å². The molecular weight excluding hydrogens is 403 g/mol. The van der Waals surface area contributed by atoms with E-state index in [-0.39, 0.29) is 21.5 Å². The summed E-state index contributed by atoms with van der Waals surface area (Å²) in [4.78, 5) is 12.8. The molecule has 7 heteroatoms. The molecule has 1 heterocycles. The molecule has 2 N–H and O–H groups in total. The minimum atomic E-state index is -4.02. The fourth-order valence-electron chi connectivity index (χ4n) is 3.42. The molecule has 30 heavy (non-hydrogen) atoms. The van der Waals surface area contributed by atoms with Crippen LogP contribution in [-0.2, 0) is 14.6 Å². The third-order valence-electron chi connectivity index (χ3n) is 4.91. The number of carbonyl (C=O) groups excluding carboxylic acids is 1. The highest BCUT2D eigenvalue weighted by atomic mass is 32.2. The van der Waals surface area contributed by atoms with Crippen molar-refractivity contribution in [2.45, 2.75) is 17.9 Å². The molecule has 0 aliphatic carbocycles. The van der Waals surface area contributed by atoms with E-state index >= 15 is 0 Å². The van der Waals surface area contributed by atoms with Crippen molar-refractivity contribution in [2.24, 2.45) is 0 Å². The van der Waals surface area contributed by atoms with Gasteiger partial charge in [0.15, 0.2) is 4.91 Å². The Hall–Kier alpha value is -3.45. The van der Waals surface area contributed by atoms with Crippen LogP contribution in [0, 0.1) is 5.82 Å². The van der Waals surface area contributed by atoms with E-state index in [2.05, 4.69) is 10.6 Å². The second-order valence-electron chi connectivity index (χ2n) is 6.94. The zero-order chi connectivity index (χ0) is 21.3. The highest BCUT2D eigenvalue weighted by Crippen LogP contribution is 2.39. The van der Waals surface area contributed by atoms with E-state index in [1.54, 1.807) is 18.2 Å². The van der Waals surface area contributed by atoms with Crippen LogP contribution in [-0.4, -0.2) is 14.3 Å². The monoisotopic (exact) mass is 422 g/mol. The molecule has 0 bridgehead atoms. The first-order valence-corrected chi connectivity index (χ1v) is 10.8. The molecule has 0 radical (unpaired) electrons. The van der Waals surface area contributed by atoms with E-state index in [1.165, 1.54) is 30.3 Å². The number of hydrogen-bond acceptors (Lipinski definition) is 4. The molecule has 3 aromatic carbocycles. The van der Waals surface area contributed by atoms with Crippen LogP contribution in [0.2, 0.25) is 0 Å². The highest BCUT2D eigenvalue weighted by molar-refractivity contribution is 7.97. The summed E-state index contributed by atoms with van der Waals surface area (Å²) in [5.41, 5.74) is 1.95. The van der Waals surface area contributed by atoms with Crippen molar-refractivity contribution in [3.8, 4) is 0 Å². The van der Waals surface area contributed by atoms with Gasteiger partial charge < -0.3 is 10.6 Å². The SMILES string of the molecule is CC(NC1=C(C(=O)Nc2ccc(F)cc2)S(=O)(=O)c2ccccc21)c1ccccc1. The Labute approximate surface area is 174 Å². The van der Waals surface area contributed by atoms with Gasteiger partial charge in [-0.2, -0.15) is 0 Å². The molecule has 1 aliphatic heterocycles. The Morgan fingerprint density at radius 3 is 2.23 bits per heavy atom. The van der Waals surface area contributed by atoms with E-state index < -0.39 is 21.6 Å². The van der Waals surface area contributed by atoms with Gasteiger partial charge in [0.25, 0.3) is 5.91 Å². The number of nitrogens with one attached hydrogen (secondary N) is 2. The zero-order valence-electron chi connectivity index (χ0n) is 16.1. The van der Waals surface area contributed by atoms with Crippen molar-refractivity contribution < 1.29 is 17.6 Å². The molecule has 1 atom stereocenters. The van der Waals surface area contributed by atoms with Crippen LogP contribution in [0.1, 0.15) is 24.1 Å². The lowest BCUT2D eigenvalue weighted by molar-refractivity contribution is -0.112. The van der Waals surface area contributed by atoms with Crippen molar-refractivity contribution in [1.82, 2.24) is 5.32 Å². The van der Waals surface area contributed by atoms with E-state index in [4.69, 9.17) is 0 Å². The van der Waals surface area contributed by atoms with Crippen molar-refractivity contribution in [2.75, 3.05) is 5.32 Å². The second-order valence-corrected chi connectivity index (χ2v) is 8.80. The van der Waals surface area contributed by atoms with Crippen LogP contribution in [0.25, 0.3) is 5.70 Å². The predicted molar refractivity (Wildman–Crippen MR) is 114 cm³/mol. The standard InChI is InChI=1S/C23H19FN2O3S/c1-15(16-7-3-2-4-8-16)25-21-19-9-5-6-10-20(19)30(28,29)22(21)23(27)26-18-13-11-17(24)12-14-18/h2-15,25H,1H3,(H,26,27). The first-order valence-electron chi connectivity index (χ1n) is 9.35. The number of carbonyl (C=O) groups is 1. The minimum Gasteiger partial charge on any atom is -0.377 e. The number of sulfone groups is 1. The number of rotatable bonds is 5. The summed E-state index contributed by atoms with van der Waals surface area (Å²) in [6.07, 6.45) is 0. The molecule has 1 amide bonds. The van der Waals surface area contributed by atoms with Gasteiger partial charge in [0.2, 0.25) is 9.84 Å². The highest BCUT2D eigenvalue weighted by Gasteiger charge is 2.40. The van der Waals surface area contributed by atoms with Crippen molar-refractivity contribution >= 4 is 27.1 Å². The van der Waals surface area contributed by atoms with E-state index in [1.807, 2.05) is 37.3 Å². The fraction of sp³-hybridized carbons (Fsp3) is 0.0870. The maximum absolute atomic E-state index is 13.2. The van der Waals surface area contributed by atoms with Gasteiger partial charge in [0.1, 0.15) is 5.82 Å². The Balaban J connectivity index is 1.77. The predicted octanol–water partition coefficient (Wildman–Crippen LogP) is 4.27. The maximum atomic E-state index is 13.2. The fourth-order valence-corrected chi connectivity index (χ4v) is 5.09. The summed E-state index contributed by atoms with van der Waals surface area (Å²) in [5, 5.41) is 5.77. The van der Waals surface area contributed by atoms with Crippen molar-refractivity contribution in [3.05, 3.63) is 101 Å². The van der Waals surface area contributed by atoms with Gasteiger partial charge in [0, 0.05) is 17.3 Å². The third-order valence-corrected chi connectivity index (χ3v) is 6.77. The molecular formula is C23H19FN2O3S. The first-order chi connectivity index (χ1) is 14.4. The molecule has 0 spiro atoms. The molecule has 1 unspecified atom stereocenters. The minimum absolute atomic E-state index is 0.0806. The number of amides is 1. The molecule has 0 saturated heterocycles. The van der Waals surface area contributed by atoms with E-state index in [0.717, 1.165) is 5.56 Å². The number of anilines is 1. The summed E-state index contributed by atoms with van der Waals surface area (Å²) in [5.74, 6) is -1.23. The number of benzene rings is 3. The summed E-state index contributed by atoms with van der Waals surface area (Å²) in [6, 6.07) is 20.9. The van der Waals surface area contributed by atoms with Crippen LogP contribution in [0.3, 0.4) is 0 Å². The summed E-state index contributed by atoms with van der Waals surface area (Å²) < 4.78 is 39.5. The average molecular weight is 422 g/mol. The van der Waals surface area contributed by atoms with E-state index in [9.17, 15) is 17.6 Å². The van der Waals surface area contributed by atoms with Crippen molar-refractivity contribution in [1.29, 1.82) is 0 Å². The normalized spacial score (nSPS) is 15.4. The molecule has 3 aromatic rings. The quantitative estimate of drug-likeness (QED) is 0.644. The van der Waals surface area contributed by atoms with Gasteiger partial charge in [-0.3, -0.25) is 4.79 Å². The van der Waals surface area contributed by atoms with E-state index in [0.29, 0.717) is 11.3 Å². The molecule has 152 valence electrons. The Morgan fingerprint density at radius 1 is 0.900 bits per heavy atom. The topological polar surface area (TPSA) is 75.3 Å². The zero-order valence-corrected chi connectivity index (χ0v) is 16.9. The van der Waals surface area contributed by atoms with Gasteiger partial charge in [-0.25, -0.2) is 12.8 Å². The molecule has 0 fully saturated rings. The number of fused-ring (bicyclic) bond motifs is 1. The molecule has 0 aromatic heterocycles. The number of hydrogen-bond donors (Lipinski definition) is 2. The van der Waals surface area contributed by atoms with Crippen molar-refractivity contribution in [3.63, 3.8) is 0 Å². The molecule has 5 nitrogen and oxygen atoms in total. The maximum Gasteiger partial charge on any atom is 0.269 e. The lowest BCUT2D eigenvalue weighted by atomic mass is 10.1. The van der Waals surface area contributed by atoms with Gasteiger partial charge in [-0.15, -0.1) is 0 Å². The lowest BCUT2D eigenvalue weighted by Gasteiger charge is -2.18. The Kier molecular flexibility index (Phi) is 5.13. The van der Waals surface area contributed by atoms with Gasteiger partial charge in [-0.05, 0) is 42.8 Å². The lowest BCUT2D eigenvalue weighted by Crippen LogP contribution is -2.24. The second kappa shape index (κ2) is 7.76. The smallest absolute Gasteiger partial charge is 0.269 e. The average Bonchev–Trinajstić information content (AvgIpc) is 2.97. The first kappa shape index (κ1) is 19.8.